The summed E-state index contributed by atoms with van der Waals surface area (Å²) in [6, 6.07) is 83.6. The Hall–Kier alpha value is -6.74. The van der Waals surface area contributed by atoms with Gasteiger partial charge >= 0.3 is 0 Å². The third kappa shape index (κ3) is 6.10. The second-order valence-corrected chi connectivity index (χ2v) is 15.5. The van der Waals surface area contributed by atoms with Crippen LogP contribution >= 0.6 is 15.9 Å². The van der Waals surface area contributed by atoms with Crippen LogP contribution in [0.5, 0.6) is 0 Å². The molecule has 1 unspecified atom stereocenters. The van der Waals surface area contributed by atoms with Crippen LogP contribution in [0.15, 0.2) is 235 Å². The number of halogens is 1. The molecular formula is C55H38BrN. The van der Waals surface area contributed by atoms with Crippen LogP contribution in [-0.4, -0.2) is 0 Å². The molecule has 0 fully saturated rings. The van der Waals surface area contributed by atoms with Crippen molar-refractivity contribution in [2.45, 2.75) is 5.41 Å². The van der Waals surface area contributed by atoms with E-state index >= 15 is 0 Å². The molecule has 0 spiro atoms. The Kier molecular flexibility index (Phi) is 8.97. The molecule has 57 heavy (non-hydrogen) atoms. The van der Waals surface area contributed by atoms with E-state index in [2.05, 4.69) is 251 Å². The first kappa shape index (κ1) is 34.7. The Bertz CT molecular complexity index is 2730. The summed E-state index contributed by atoms with van der Waals surface area (Å²) >= 11 is 3.99. The van der Waals surface area contributed by atoms with Crippen LogP contribution in [0.3, 0.4) is 0 Å². The summed E-state index contributed by atoms with van der Waals surface area (Å²) in [6.07, 6.45) is 0. The average molecular weight is 793 g/mol. The molecule has 1 nitrogen and oxygen atoms in total. The van der Waals surface area contributed by atoms with E-state index in [0.717, 1.165) is 21.5 Å². The van der Waals surface area contributed by atoms with Crippen LogP contribution in [0.1, 0.15) is 22.3 Å². The van der Waals surface area contributed by atoms with Gasteiger partial charge in [-0.3, -0.25) is 0 Å². The van der Waals surface area contributed by atoms with E-state index < -0.39 is 5.41 Å². The number of hydrogen-bond donors (Lipinski definition) is 0. The summed E-state index contributed by atoms with van der Waals surface area (Å²) in [6.45, 7) is 0. The molecule has 0 radical (unpaired) electrons. The molecule has 0 heterocycles. The van der Waals surface area contributed by atoms with Crippen molar-refractivity contribution in [2.24, 2.45) is 0 Å². The van der Waals surface area contributed by atoms with Gasteiger partial charge in [0.1, 0.15) is 0 Å². The van der Waals surface area contributed by atoms with Crippen LogP contribution in [0.2, 0.25) is 0 Å². The fraction of sp³-hybridized carbons (Fsp3) is 0.0182. The van der Waals surface area contributed by atoms with Gasteiger partial charge in [0.05, 0.1) is 5.41 Å². The van der Waals surface area contributed by atoms with Crippen molar-refractivity contribution in [1.29, 1.82) is 0 Å². The maximum absolute atomic E-state index is 3.99. The lowest BCUT2D eigenvalue weighted by atomic mass is 9.67. The number of fused-ring (bicyclic) bond motifs is 3. The molecule has 270 valence electrons. The first-order chi connectivity index (χ1) is 28.2. The SMILES string of the molecule is Brc1ccccc1C1(c2ccccc2)c2ccccc2-c2ccc(-c3ccc(N(c4ccc(-c5ccccc5)cc4)c4ccc(-c5ccccc5)cc4)cc3)cc21. The summed E-state index contributed by atoms with van der Waals surface area (Å²) in [5.74, 6) is 0. The van der Waals surface area contributed by atoms with Gasteiger partial charge in [-0.1, -0.05) is 198 Å². The van der Waals surface area contributed by atoms with E-state index in [1.807, 2.05) is 0 Å². The van der Waals surface area contributed by atoms with Gasteiger partial charge in [0.25, 0.3) is 0 Å². The van der Waals surface area contributed by atoms with E-state index in [4.69, 9.17) is 0 Å². The smallest absolute Gasteiger partial charge is 0.0724 e. The molecule has 0 N–H and O–H groups in total. The topological polar surface area (TPSA) is 3.24 Å². The van der Waals surface area contributed by atoms with E-state index in [-0.39, 0.29) is 0 Å². The van der Waals surface area contributed by atoms with Crippen molar-refractivity contribution in [1.82, 2.24) is 0 Å². The lowest BCUT2D eigenvalue weighted by molar-refractivity contribution is 0.764. The van der Waals surface area contributed by atoms with Crippen LogP contribution in [-0.2, 0) is 5.41 Å². The minimum Gasteiger partial charge on any atom is -0.311 e. The highest BCUT2D eigenvalue weighted by molar-refractivity contribution is 9.10. The van der Waals surface area contributed by atoms with Gasteiger partial charge in [-0.05, 0) is 115 Å². The van der Waals surface area contributed by atoms with Gasteiger partial charge in [-0.2, -0.15) is 0 Å². The Morgan fingerprint density at radius 1 is 0.298 bits per heavy atom. The van der Waals surface area contributed by atoms with Crippen LogP contribution < -0.4 is 4.90 Å². The number of benzene rings is 9. The lowest BCUT2D eigenvalue weighted by Gasteiger charge is -2.34. The minimum atomic E-state index is -0.488. The fourth-order valence-electron chi connectivity index (χ4n) is 8.79. The molecule has 9 aromatic rings. The molecule has 10 rings (SSSR count). The number of nitrogens with zero attached hydrogens (tertiary/aromatic N) is 1. The molecule has 9 aromatic carbocycles. The first-order valence-corrected chi connectivity index (χ1v) is 20.2. The van der Waals surface area contributed by atoms with Gasteiger partial charge in [0.15, 0.2) is 0 Å². The van der Waals surface area contributed by atoms with Crippen molar-refractivity contribution in [3.8, 4) is 44.5 Å². The standard InChI is InChI=1S/C55H38BrN/c56-54-23-13-12-22-52(54)55(45-18-8-3-9-19-45)51-21-11-10-20-49(51)50-37-30-44(38-53(50)55)43-28-35-48(36-29-43)57(46-31-24-41(25-32-46)39-14-4-1-5-15-39)47-33-26-42(27-34-47)40-16-6-2-7-17-40/h1-38H. The predicted molar refractivity (Wildman–Crippen MR) is 242 cm³/mol. The number of rotatable bonds is 8. The molecule has 1 atom stereocenters. The lowest BCUT2D eigenvalue weighted by Crippen LogP contribution is -2.29. The number of anilines is 3. The van der Waals surface area contributed by atoms with Gasteiger partial charge in [-0.25, -0.2) is 0 Å². The Balaban J connectivity index is 1.07. The normalized spacial score (nSPS) is 14.1. The molecule has 0 aliphatic heterocycles. The molecule has 0 aromatic heterocycles. The van der Waals surface area contributed by atoms with E-state index in [1.165, 1.54) is 66.8 Å². The molecule has 0 bridgehead atoms. The molecular weight excluding hydrogens is 755 g/mol. The zero-order valence-corrected chi connectivity index (χ0v) is 32.9. The molecule has 1 aliphatic carbocycles. The maximum Gasteiger partial charge on any atom is 0.0724 e. The largest absolute Gasteiger partial charge is 0.311 e. The van der Waals surface area contributed by atoms with Gasteiger partial charge in [0.2, 0.25) is 0 Å². The highest BCUT2D eigenvalue weighted by atomic mass is 79.9. The van der Waals surface area contributed by atoms with Gasteiger partial charge in [0, 0.05) is 21.5 Å². The van der Waals surface area contributed by atoms with E-state index in [0.29, 0.717) is 0 Å². The Morgan fingerprint density at radius 2 is 0.684 bits per heavy atom. The molecule has 0 amide bonds. The molecule has 0 saturated carbocycles. The second-order valence-electron chi connectivity index (χ2n) is 14.6. The quantitative estimate of drug-likeness (QED) is 0.148. The van der Waals surface area contributed by atoms with Crippen LogP contribution in [0.4, 0.5) is 17.1 Å². The third-order valence-electron chi connectivity index (χ3n) is 11.5. The zero-order chi connectivity index (χ0) is 38.2. The van der Waals surface area contributed by atoms with Crippen molar-refractivity contribution in [2.75, 3.05) is 4.90 Å². The molecule has 1 aliphatic rings. The summed E-state index contributed by atoms with van der Waals surface area (Å²) < 4.78 is 1.10. The van der Waals surface area contributed by atoms with Gasteiger partial charge < -0.3 is 4.90 Å². The highest BCUT2D eigenvalue weighted by Gasteiger charge is 2.47. The van der Waals surface area contributed by atoms with Crippen molar-refractivity contribution in [3.63, 3.8) is 0 Å². The van der Waals surface area contributed by atoms with E-state index in [9.17, 15) is 0 Å². The van der Waals surface area contributed by atoms with Crippen molar-refractivity contribution in [3.05, 3.63) is 257 Å². The molecule has 0 saturated heterocycles. The Labute approximate surface area is 343 Å². The van der Waals surface area contributed by atoms with Crippen LogP contribution in [0, 0.1) is 0 Å². The monoisotopic (exact) mass is 791 g/mol. The average Bonchev–Trinajstić information content (AvgIpc) is 3.58. The molecule has 2 heteroatoms. The maximum atomic E-state index is 3.99. The van der Waals surface area contributed by atoms with Crippen molar-refractivity contribution < 1.29 is 0 Å². The summed E-state index contributed by atoms with van der Waals surface area (Å²) in [4.78, 5) is 2.35. The summed E-state index contributed by atoms with van der Waals surface area (Å²) in [5.41, 5.74) is 17.6. The second kappa shape index (κ2) is 14.7. The van der Waals surface area contributed by atoms with Gasteiger partial charge in [-0.15, -0.1) is 0 Å². The highest BCUT2D eigenvalue weighted by Crippen LogP contribution is 2.58. The van der Waals surface area contributed by atoms with E-state index in [1.54, 1.807) is 0 Å². The number of hydrogen-bond acceptors (Lipinski definition) is 1. The Morgan fingerprint density at radius 3 is 1.21 bits per heavy atom. The first-order valence-electron chi connectivity index (χ1n) is 19.4. The fourth-order valence-corrected chi connectivity index (χ4v) is 9.37. The minimum absolute atomic E-state index is 0.488. The third-order valence-corrected chi connectivity index (χ3v) is 12.1. The zero-order valence-electron chi connectivity index (χ0n) is 31.3. The summed E-state index contributed by atoms with van der Waals surface area (Å²) in [5, 5.41) is 0. The summed E-state index contributed by atoms with van der Waals surface area (Å²) in [7, 11) is 0. The van der Waals surface area contributed by atoms with Crippen molar-refractivity contribution >= 4 is 33.0 Å². The van der Waals surface area contributed by atoms with Crippen LogP contribution in [0.25, 0.3) is 44.5 Å². The predicted octanol–water partition coefficient (Wildman–Crippen LogP) is 15.3.